The number of aromatic nitrogens is 1. The highest BCUT2D eigenvalue weighted by Crippen LogP contribution is 2.39. The van der Waals surface area contributed by atoms with Crippen molar-refractivity contribution in [2.24, 2.45) is 10.7 Å². The van der Waals surface area contributed by atoms with Crippen LogP contribution >= 0.6 is 0 Å². The van der Waals surface area contributed by atoms with Crippen LogP contribution in [-0.4, -0.2) is 10.4 Å². The van der Waals surface area contributed by atoms with Crippen LogP contribution in [0.15, 0.2) is 236 Å². The van der Waals surface area contributed by atoms with Gasteiger partial charge in [0.2, 0.25) is 0 Å². The molecule has 8 rings (SSSR count). The minimum absolute atomic E-state index is 0.466. The Kier molecular flexibility index (Phi) is 12.4. The number of nitrogens with zero attached hydrogens (tertiary/aromatic N) is 2. The van der Waals surface area contributed by atoms with Gasteiger partial charge in [-0.05, 0) is 101 Å². The number of aliphatic imine (C=N–C) groups is 1. The molecule has 61 heavy (non-hydrogen) atoms. The molecule has 3 heteroatoms. The molecule has 1 aromatic heterocycles. The van der Waals surface area contributed by atoms with E-state index in [-0.39, 0.29) is 0 Å². The van der Waals surface area contributed by atoms with E-state index in [1.165, 1.54) is 33.0 Å². The van der Waals surface area contributed by atoms with Crippen LogP contribution in [0.1, 0.15) is 29.2 Å². The predicted molar refractivity (Wildman–Crippen MR) is 263 cm³/mol. The molecule has 0 fully saturated rings. The zero-order valence-corrected chi connectivity index (χ0v) is 34.7. The Labute approximate surface area is 359 Å². The summed E-state index contributed by atoms with van der Waals surface area (Å²) in [5.41, 5.74) is 22.0. The van der Waals surface area contributed by atoms with Crippen molar-refractivity contribution in [3.05, 3.63) is 253 Å². The van der Waals surface area contributed by atoms with E-state index < -0.39 is 0 Å². The highest BCUT2D eigenvalue weighted by molar-refractivity contribution is 6.16. The molecule has 0 aliphatic rings. The number of aryl methyl sites for hydroxylation is 1. The molecule has 8 aromatic rings. The second kappa shape index (κ2) is 18.9. The van der Waals surface area contributed by atoms with Gasteiger partial charge in [-0.25, -0.2) is 4.99 Å². The molecule has 0 saturated heterocycles. The Morgan fingerprint density at radius 3 is 1.98 bits per heavy atom. The number of benzene rings is 6. The number of allylic oxidation sites excluding steroid dienone is 6. The van der Waals surface area contributed by atoms with Crippen LogP contribution in [-0.2, 0) is 6.42 Å². The van der Waals surface area contributed by atoms with E-state index in [0.29, 0.717) is 12.3 Å². The lowest BCUT2D eigenvalue weighted by Gasteiger charge is -2.11. The second-order valence-electron chi connectivity index (χ2n) is 15.0. The summed E-state index contributed by atoms with van der Waals surface area (Å²) in [6.45, 7) is 8.24. The number of para-hydroxylation sites is 1. The van der Waals surface area contributed by atoms with Gasteiger partial charge in [0.05, 0.1) is 16.7 Å². The van der Waals surface area contributed by atoms with E-state index in [9.17, 15) is 0 Å². The molecular formula is C58H49N3. The van der Waals surface area contributed by atoms with Crippen molar-refractivity contribution in [3.63, 3.8) is 0 Å². The highest BCUT2D eigenvalue weighted by Gasteiger charge is 2.16. The van der Waals surface area contributed by atoms with Crippen LogP contribution < -0.4 is 5.73 Å². The average Bonchev–Trinajstić information content (AvgIpc) is 3.65. The summed E-state index contributed by atoms with van der Waals surface area (Å²) >= 11 is 0. The maximum absolute atomic E-state index is 6.74. The molecule has 0 aliphatic heterocycles. The van der Waals surface area contributed by atoms with Gasteiger partial charge in [-0.2, -0.15) is 0 Å². The third-order valence-electron chi connectivity index (χ3n) is 10.9. The zero-order chi connectivity index (χ0) is 42.0. The van der Waals surface area contributed by atoms with Crippen LogP contribution in [0.3, 0.4) is 0 Å². The molecule has 7 aromatic carbocycles. The number of nitrogens with two attached hydrogens (primary N) is 1. The van der Waals surface area contributed by atoms with E-state index in [1.54, 1.807) is 0 Å². The monoisotopic (exact) mass is 787 g/mol. The van der Waals surface area contributed by atoms with Crippen molar-refractivity contribution in [2.75, 3.05) is 0 Å². The molecule has 0 bridgehead atoms. The number of fused-ring (bicyclic) bond motifs is 3. The van der Waals surface area contributed by atoms with E-state index in [2.05, 4.69) is 200 Å². The van der Waals surface area contributed by atoms with Gasteiger partial charge in [0.1, 0.15) is 5.84 Å². The zero-order valence-electron chi connectivity index (χ0n) is 34.7. The molecule has 2 N–H and O–H groups in total. The first kappa shape index (κ1) is 40.0. The van der Waals surface area contributed by atoms with Crippen LogP contribution in [0.5, 0.6) is 0 Å². The summed E-state index contributed by atoms with van der Waals surface area (Å²) in [5, 5.41) is 2.42. The van der Waals surface area contributed by atoms with Gasteiger partial charge in [0.15, 0.2) is 0 Å². The maximum atomic E-state index is 6.74. The Morgan fingerprint density at radius 1 is 0.590 bits per heavy atom. The molecule has 0 aliphatic carbocycles. The van der Waals surface area contributed by atoms with Gasteiger partial charge in [0.25, 0.3) is 0 Å². The Hall–Kier alpha value is -7.75. The molecule has 0 atom stereocenters. The first-order valence-corrected chi connectivity index (χ1v) is 20.8. The Balaban J connectivity index is 1.25. The lowest BCUT2D eigenvalue weighted by Crippen LogP contribution is -2.13. The molecule has 0 radical (unpaired) electrons. The third kappa shape index (κ3) is 8.97. The van der Waals surface area contributed by atoms with E-state index >= 15 is 0 Å². The molecule has 0 spiro atoms. The summed E-state index contributed by atoms with van der Waals surface area (Å²) in [7, 11) is 0. The Bertz CT molecular complexity index is 3030. The number of amidine groups is 1. The first-order chi connectivity index (χ1) is 30.0. The van der Waals surface area contributed by atoms with Crippen molar-refractivity contribution in [3.8, 4) is 33.4 Å². The van der Waals surface area contributed by atoms with Crippen LogP contribution in [0.2, 0.25) is 0 Å². The van der Waals surface area contributed by atoms with Gasteiger partial charge in [0, 0.05) is 22.0 Å². The molecule has 1 heterocycles. The SMILES string of the molecule is C=C/C=C(\C=C/C)n1c2ccccc2c2c(-c3cccc(-c4ccc(C(=C/Cc5cccc(-c6ccccc6)c5)/N=C(\N)c5ccccc5)cccccc4C)c3)cccc21. The lowest BCUT2D eigenvalue weighted by molar-refractivity contribution is 1.24. The summed E-state index contributed by atoms with van der Waals surface area (Å²) in [5.74, 6) is 0.466. The maximum Gasteiger partial charge on any atom is 0.131 e. The molecule has 0 unspecified atom stereocenters. The predicted octanol–water partition coefficient (Wildman–Crippen LogP) is 14.8. The van der Waals surface area contributed by atoms with Crippen LogP contribution in [0, 0.1) is 6.92 Å². The van der Waals surface area contributed by atoms with Crippen molar-refractivity contribution < 1.29 is 0 Å². The first-order valence-electron chi connectivity index (χ1n) is 20.8. The van der Waals surface area contributed by atoms with Crippen molar-refractivity contribution >= 4 is 39.0 Å². The van der Waals surface area contributed by atoms with Crippen LogP contribution in [0.25, 0.3) is 66.6 Å². The normalized spacial score (nSPS) is 12.2. The summed E-state index contributed by atoms with van der Waals surface area (Å²) in [4.78, 5) is 5.11. The highest BCUT2D eigenvalue weighted by atomic mass is 15.0. The lowest BCUT2D eigenvalue weighted by atomic mass is 9.94. The fourth-order valence-corrected chi connectivity index (χ4v) is 8.01. The van der Waals surface area contributed by atoms with Gasteiger partial charge >= 0.3 is 0 Å². The average molecular weight is 788 g/mol. The molecule has 0 amide bonds. The van der Waals surface area contributed by atoms with Crippen molar-refractivity contribution in [2.45, 2.75) is 20.3 Å². The van der Waals surface area contributed by atoms with Gasteiger partial charge in [-0.1, -0.05) is 201 Å². The molecule has 3 nitrogen and oxygen atoms in total. The quantitative estimate of drug-likeness (QED) is 0.0792. The molecular weight excluding hydrogens is 739 g/mol. The summed E-state index contributed by atoms with van der Waals surface area (Å²) in [6.07, 6.45) is 11.0. The third-order valence-corrected chi connectivity index (χ3v) is 10.9. The fourth-order valence-electron chi connectivity index (χ4n) is 8.01. The van der Waals surface area contributed by atoms with E-state index in [0.717, 1.165) is 55.8 Å². The largest absolute Gasteiger partial charge is 0.383 e. The van der Waals surface area contributed by atoms with Crippen LogP contribution in [0.4, 0.5) is 0 Å². The molecule has 296 valence electrons. The second-order valence-corrected chi connectivity index (χ2v) is 15.0. The van der Waals surface area contributed by atoms with Gasteiger partial charge in [-0.3, -0.25) is 0 Å². The summed E-state index contributed by atoms with van der Waals surface area (Å²) in [6, 6.07) is 68.2. The minimum atomic E-state index is 0.466. The van der Waals surface area contributed by atoms with Crippen molar-refractivity contribution in [1.82, 2.24) is 4.57 Å². The summed E-state index contributed by atoms with van der Waals surface area (Å²) < 4.78 is 2.33. The number of hydrogen-bond acceptors (Lipinski definition) is 1. The van der Waals surface area contributed by atoms with Gasteiger partial charge < -0.3 is 10.3 Å². The standard InChI is InChI=1S/C58H49N3/c1-4-20-50(21-5-2)61-55-34-16-15-32-53(55)57-52(33-19-35-56(57)61)49-31-18-30-48(41-49)51-38-37-45(26-12-6-9-22-42(51)3)54(60-58(59)46-27-13-8-14-28-46)39-36-43-23-17-29-47(40-43)44-24-10-7-11-25-44/h4-35,37-41H,1,36H2,2-3H3,(H2,59,60)/b9-6?,12-6?,21-5-,22-9?,26-12?,38-37?,42-22?,45-26?,45-37?,50-20+,51-38?,51-42?,54-39-. The molecule has 0 saturated carbocycles. The van der Waals surface area contributed by atoms with E-state index in [1.807, 2.05) is 49.4 Å². The van der Waals surface area contributed by atoms with E-state index in [4.69, 9.17) is 10.7 Å². The Morgan fingerprint density at radius 2 is 1.21 bits per heavy atom. The smallest absolute Gasteiger partial charge is 0.131 e. The number of rotatable bonds is 11. The van der Waals surface area contributed by atoms with Crippen molar-refractivity contribution in [1.29, 1.82) is 0 Å². The topological polar surface area (TPSA) is 43.3 Å². The van der Waals surface area contributed by atoms with Gasteiger partial charge in [-0.15, -0.1) is 0 Å². The minimum Gasteiger partial charge on any atom is -0.383 e. The fraction of sp³-hybridized carbons (Fsp3) is 0.0517. The number of hydrogen-bond donors (Lipinski definition) is 1.